The maximum atomic E-state index is 12.2. The number of nitrogens with one attached hydrogen (secondary N) is 1. The number of aromatic nitrogens is 1. The van der Waals surface area contributed by atoms with Crippen LogP contribution in [0.5, 0.6) is 0 Å². The molecule has 2 amide bonds. The van der Waals surface area contributed by atoms with E-state index >= 15 is 0 Å². The first-order chi connectivity index (χ1) is 11.3. The molecule has 5 nitrogen and oxygen atoms in total. The maximum absolute atomic E-state index is 12.2. The quantitative estimate of drug-likeness (QED) is 0.864. The molecule has 1 saturated heterocycles. The number of amides is 2. The van der Waals surface area contributed by atoms with Crippen molar-refractivity contribution in [1.29, 1.82) is 0 Å². The lowest BCUT2D eigenvalue weighted by Crippen LogP contribution is -2.41. The Morgan fingerprint density at radius 2 is 2.04 bits per heavy atom. The van der Waals surface area contributed by atoms with Gasteiger partial charge in [-0.2, -0.15) is 0 Å². The normalized spacial score (nSPS) is 16.4. The van der Waals surface area contributed by atoms with E-state index in [2.05, 4.69) is 31.1 Å². The number of pyridine rings is 1. The van der Waals surface area contributed by atoms with Crippen LogP contribution in [-0.4, -0.2) is 41.3 Å². The summed E-state index contributed by atoms with van der Waals surface area (Å²) in [7, 11) is 0. The third-order valence-electron chi connectivity index (χ3n) is 4.13. The lowest BCUT2D eigenvalue weighted by molar-refractivity contribution is -0.127. The molecule has 0 aliphatic carbocycles. The van der Waals surface area contributed by atoms with E-state index in [0.717, 1.165) is 25.9 Å². The molecule has 2 rings (SSSR count). The predicted octanol–water partition coefficient (Wildman–Crippen LogP) is 2.65. The number of hydrogen-bond donors (Lipinski definition) is 1. The van der Waals surface area contributed by atoms with E-state index in [1.807, 2.05) is 11.0 Å². The molecule has 1 aromatic rings. The molecule has 0 saturated carbocycles. The highest BCUT2D eigenvalue weighted by Gasteiger charge is 2.22. The molecule has 1 aliphatic heterocycles. The van der Waals surface area contributed by atoms with Crippen molar-refractivity contribution < 1.29 is 9.59 Å². The number of likely N-dealkylation sites (tertiary alicyclic amines) is 1. The lowest BCUT2D eigenvalue weighted by atomic mass is 9.95. The first kappa shape index (κ1) is 18.2. The van der Waals surface area contributed by atoms with Gasteiger partial charge < -0.3 is 10.2 Å². The number of piperidine rings is 1. The molecule has 1 fully saturated rings. The van der Waals surface area contributed by atoms with Crippen LogP contribution in [0.15, 0.2) is 36.7 Å². The van der Waals surface area contributed by atoms with E-state index in [1.54, 1.807) is 30.6 Å². The van der Waals surface area contributed by atoms with Crippen LogP contribution in [-0.2, 0) is 4.79 Å². The van der Waals surface area contributed by atoms with Crippen molar-refractivity contribution >= 4 is 11.8 Å². The first-order valence-corrected chi connectivity index (χ1v) is 8.51. The van der Waals surface area contributed by atoms with E-state index in [-0.39, 0.29) is 17.2 Å². The van der Waals surface area contributed by atoms with Gasteiger partial charge in [0.05, 0.1) is 5.56 Å². The van der Waals surface area contributed by atoms with Gasteiger partial charge in [-0.3, -0.25) is 14.6 Å². The van der Waals surface area contributed by atoms with E-state index in [9.17, 15) is 9.59 Å². The second kappa shape index (κ2) is 8.08. The molecule has 0 atom stereocenters. The van der Waals surface area contributed by atoms with E-state index in [0.29, 0.717) is 18.0 Å². The molecular formula is C19H27N3O2. The first-order valence-electron chi connectivity index (χ1n) is 8.51. The van der Waals surface area contributed by atoms with E-state index in [1.165, 1.54) is 0 Å². The summed E-state index contributed by atoms with van der Waals surface area (Å²) in [5, 5.41) is 2.96. The molecule has 24 heavy (non-hydrogen) atoms. The average Bonchev–Trinajstić information content (AvgIpc) is 2.58. The summed E-state index contributed by atoms with van der Waals surface area (Å²) < 4.78 is 0. The summed E-state index contributed by atoms with van der Waals surface area (Å²) in [4.78, 5) is 30.0. The van der Waals surface area contributed by atoms with Crippen LogP contribution < -0.4 is 5.32 Å². The highest BCUT2D eigenvalue weighted by molar-refractivity contribution is 5.93. The van der Waals surface area contributed by atoms with Gasteiger partial charge in [0.1, 0.15) is 0 Å². The third kappa shape index (κ3) is 5.80. The summed E-state index contributed by atoms with van der Waals surface area (Å²) >= 11 is 0. The molecule has 2 heterocycles. The minimum absolute atomic E-state index is 0.0184. The Labute approximate surface area is 144 Å². The number of carbonyl (C=O) groups excluding carboxylic acids is 2. The van der Waals surface area contributed by atoms with Crippen LogP contribution in [0.25, 0.3) is 0 Å². The molecule has 1 N–H and O–H groups in total. The number of carbonyl (C=O) groups is 2. The fourth-order valence-corrected chi connectivity index (χ4v) is 2.62. The highest BCUT2D eigenvalue weighted by Crippen LogP contribution is 2.18. The standard InChI is InChI=1S/C19H27N3O2/c1-19(2,3)9-6-17(23)22-11-7-15(8-12-22)13-21-18(24)16-5-4-10-20-14-16/h4-6,9-10,14-15H,7-8,11-13H2,1-3H3,(H,21,24)/b9-6+. The van der Waals surface area contributed by atoms with Gasteiger partial charge in [0.25, 0.3) is 5.91 Å². The van der Waals surface area contributed by atoms with Crippen molar-refractivity contribution in [2.24, 2.45) is 11.3 Å². The van der Waals surface area contributed by atoms with Gasteiger partial charge in [0, 0.05) is 32.0 Å². The smallest absolute Gasteiger partial charge is 0.252 e. The zero-order valence-corrected chi connectivity index (χ0v) is 14.8. The van der Waals surface area contributed by atoms with Gasteiger partial charge >= 0.3 is 0 Å². The Bertz CT molecular complexity index is 582. The van der Waals surface area contributed by atoms with Gasteiger partial charge in [-0.1, -0.05) is 26.8 Å². The number of nitrogens with zero attached hydrogens (tertiary/aromatic N) is 2. The third-order valence-corrected chi connectivity index (χ3v) is 4.13. The van der Waals surface area contributed by atoms with Gasteiger partial charge in [-0.25, -0.2) is 0 Å². The van der Waals surface area contributed by atoms with Crippen molar-refractivity contribution in [3.8, 4) is 0 Å². The lowest BCUT2D eigenvalue weighted by Gasteiger charge is -2.31. The largest absolute Gasteiger partial charge is 0.352 e. The SMILES string of the molecule is CC(C)(C)/C=C/C(=O)N1CCC(CNC(=O)c2cccnc2)CC1. The van der Waals surface area contributed by atoms with Crippen LogP contribution in [0.4, 0.5) is 0 Å². The minimum Gasteiger partial charge on any atom is -0.352 e. The van der Waals surface area contributed by atoms with E-state index < -0.39 is 0 Å². The Morgan fingerprint density at radius 1 is 1.33 bits per heavy atom. The maximum Gasteiger partial charge on any atom is 0.252 e. The summed E-state index contributed by atoms with van der Waals surface area (Å²) in [6.07, 6.45) is 8.70. The fraction of sp³-hybridized carbons (Fsp3) is 0.526. The Kier molecular flexibility index (Phi) is 6.12. The Morgan fingerprint density at radius 3 is 2.62 bits per heavy atom. The molecule has 0 spiro atoms. The zero-order valence-electron chi connectivity index (χ0n) is 14.8. The van der Waals surface area contributed by atoms with Gasteiger partial charge in [0.2, 0.25) is 5.91 Å². The summed E-state index contributed by atoms with van der Waals surface area (Å²) in [6, 6.07) is 3.51. The van der Waals surface area contributed by atoms with Gasteiger partial charge in [-0.05, 0) is 42.4 Å². The molecular weight excluding hydrogens is 302 g/mol. The van der Waals surface area contributed by atoms with Crippen LogP contribution in [0.3, 0.4) is 0 Å². The van der Waals surface area contributed by atoms with E-state index in [4.69, 9.17) is 0 Å². The molecule has 0 radical (unpaired) electrons. The second-order valence-electron chi connectivity index (χ2n) is 7.42. The van der Waals surface area contributed by atoms with Crippen molar-refractivity contribution in [3.63, 3.8) is 0 Å². The fourth-order valence-electron chi connectivity index (χ4n) is 2.62. The Hall–Kier alpha value is -2.17. The molecule has 0 aromatic carbocycles. The summed E-state index contributed by atoms with van der Waals surface area (Å²) in [5.74, 6) is 0.416. The van der Waals surface area contributed by atoms with Crippen LogP contribution in [0.1, 0.15) is 44.0 Å². The van der Waals surface area contributed by atoms with Gasteiger partial charge in [0.15, 0.2) is 0 Å². The summed E-state index contributed by atoms with van der Waals surface area (Å²) in [6.45, 7) is 8.38. The summed E-state index contributed by atoms with van der Waals surface area (Å²) in [5.41, 5.74) is 0.599. The van der Waals surface area contributed by atoms with Crippen LogP contribution >= 0.6 is 0 Å². The monoisotopic (exact) mass is 329 g/mol. The molecule has 5 heteroatoms. The Balaban J connectivity index is 1.74. The van der Waals surface area contributed by atoms with Crippen molar-refractivity contribution in [3.05, 3.63) is 42.2 Å². The number of rotatable bonds is 4. The predicted molar refractivity (Wildman–Crippen MR) is 94.5 cm³/mol. The van der Waals surface area contributed by atoms with Crippen molar-refractivity contribution in [2.45, 2.75) is 33.6 Å². The zero-order chi connectivity index (χ0) is 17.6. The molecule has 1 aliphatic rings. The molecule has 1 aromatic heterocycles. The highest BCUT2D eigenvalue weighted by atomic mass is 16.2. The van der Waals surface area contributed by atoms with Crippen molar-refractivity contribution in [1.82, 2.24) is 15.2 Å². The van der Waals surface area contributed by atoms with Crippen LogP contribution in [0, 0.1) is 11.3 Å². The number of hydrogen-bond acceptors (Lipinski definition) is 3. The second-order valence-corrected chi connectivity index (χ2v) is 7.42. The molecule has 130 valence electrons. The average molecular weight is 329 g/mol. The topological polar surface area (TPSA) is 62.3 Å². The van der Waals surface area contributed by atoms with Gasteiger partial charge in [-0.15, -0.1) is 0 Å². The van der Waals surface area contributed by atoms with Crippen molar-refractivity contribution in [2.75, 3.05) is 19.6 Å². The molecule has 0 bridgehead atoms. The molecule has 0 unspecified atom stereocenters. The minimum atomic E-state index is -0.0882. The number of allylic oxidation sites excluding steroid dienone is 1. The van der Waals surface area contributed by atoms with Crippen LogP contribution in [0.2, 0.25) is 0 Å².